The Morgan fingerprint density at radius 3 is 2.96 bits per heavy atom. The van der Waals surface area contributed by atoms with E-state index < -0.39 is 0 Å². The smallest absolute Gasteiger partial charge is 0.211 e. The standard InChI is InChI=1S/C13H8ClN5OS3/c1-20-9-5-3-2-4-8(9)16-12-17-18-13(22-12)21-11-7(6-15)10(14)19-23-11/h2-5H,1H3,(H,16,17). The Morgan fingerprint density at radius 2 is 2.17 bits per heavy atom. The van der Waals surface area contributed by atoms with Crippen molar-refractivity contribution >= 4 is 57.1 Å². The van der Waals surface area contributed by atoms with Crippen molar-refractivity contribution in [1.29, 1.82) is 5.26 Å². The number of aromatic nitrogens is 3. The molecular formula is C13H8ClN5OS3. The van der Waals surface area contributed by atoms with Crippen molar-refractivity contribution in [1.82, 2.24) is 14.6 Å². The molecule has 0 amide bonds. The van der Waals surface area contributed by atoms with Crippen LogP contribution in [0.2, 0.25) is 5.15 Å². The molecular weight excluding hydrogens is 374 g/mol. The van der Waals surface area contributed by atoms with Gasteiger partial charge in [-0.3, -0.25) is 0 Å². The van der Waals surface area contributed by atoms with Crippen LogP contribution in [0.1, 0.15) is 5.56 Å². The summed E-state index contributed by atoms with van der Waals surface area (Å²) in [6, 6.07) is 9.59. The predicted molar refractivity (Wildman–Crippen MR) is 92.1 cm³/mol. The van der Waals surface area contributed by atoms with Crippen LogP contribution in [0.25, 0.3) is 0 Å². The van der Waals surface area contributed by atoms with Crippen molar-refractivity contribution in [3.63, 3.8) is 0 Å². The molecule has 0 saturated heterocycles. The van der Waals surface area contributed by atoms with Crippen LogP contribution < -0.4 is 10.1 Å². The topological polar surface area (TPSA) is 83.7 Å². The van der Waals surface area contributed by atoms with Crippen LogP contribution >= 0.6 is 46.2 Å². The van der Waals surface area contributed by atoms with Crippen molar-refractivity contribution in [2.24, 2.45) is 0 Å². The summed E-state index contributed by atoms with van der Waals surface area (Å²) in [5, 5.41) is 21.3. The molecule has 0 saturated carbocycles. The van der Waals surface area contributed by atoms with Crippen LogP contribution in [-0.2, 0) is 0 Å². The number of anilines is 2. The number of ether oxygens (including phenoxy) is 1. The summed E-state index contributed by atoms with van der Waals surface area (Å²) in [6.07, 6.45) is 0. The molecule has 0 atom stereocenters. The fraction of sp³-hybridized carbons (Fsp3) is 0.0769. The first-order valence-corrected chi connectivity index (χ1v) is 8.96. The average molecular weight is 382 g/mol. The average Bonchev–Trinajstić information content (AvgIpc) is 3.15. The Kier molecular flexibility index (Phi) is 4.97. The lowest BCUT2D eigenvalue weighted by Gasteiger charge is -2.07. The minimum absolute atomic E-state index is 0.219. The highest BCUT2D eigenvalue weighted by Gasteiger charge is 2.16. The summed E-state index contributed by atoms with van der Waals surface area (Å²) in [7, 11) is 1.61. The Labute approximate surface area is 149 Å². The van der Waals surface area contributed by atoms with Gasteiger partial charge in [0.15, 0.2) is 9.49 Å². The van der Waals surface area contributed by atoms with Crippen LogP contribution in [0.15, 0.2) is 32.8 Å². The SMILES string of the molecule is COc1ccccc1Nc1nnc(Sc2snc(Cl)c2C#N)s1. The van der Waals surface area contributed by atoms with Gasteiger partial charge in [-0.2, -0.15) is 9.64 Å². The molecule has 3 rings (SSSR count). The van der Waals surface area contributed by atoms with Gasteiger partial charge in [-0.25, -0.2) is 0 Å². The summed E-state index contributed by atoms with van der Waals surface area (Å²) < 4.78 is 10.7. The van der Waals surface area contributed by atoms with Crippen LogP contribution in [-0.4, -0.2) is 21.7 Å². The molecule has 116 valence electrons. The molecule has 0 radical (unpaired) electrons. The first-order valence-electron chi connectivity index (χ1n) is 6.18. The number of nitrogens with zero attached hydrogens (tertiary/aromatic N) is 4. The quantitative estimate of drug-likeness (QED) is 0.700. The zero-order valence-corrected chi connectivity index (χ0v) is 14.8. The van der Waals surface area contributed by atoms with Crippen molar-refractivity contribution < 1.29 is 4.74 Å². The lowest BCUT2D eigenvalue weighted by atomic mass is 10.3. The molecule has 23 heavy (non-hydrogen) atoms. The molecule has 0 fully saturated rings. The second-order valence-corrected chi connectivity index (χ2v) is 7.67. The first-order chi connectivity index (χ1) is 11.2. The molecule has 0 bridgehead atoms. The number of nitrogens with one attached hydrogen (secondary N) is 1. The van der Waals surface area contributed by atoms with Gasteiger partial charge in [0, 0.05) is 0 Å². The summed E-state index contributed by atoms with van der Waals surface area (Å²) in [5.74, 6) is 0.720. The second kappa shape index (κ2) is 7.14. The Balaban J connectivity index is 1.77. The molecule has 0 aliphatic carbocycles. The van der Waals surface area contributed by atoms with Crippen molar-refractivity contribution in [3.05, 3.63) is 35.0 Å². The second-order valence-electron chi connectivity index (χ2n) is 4.05. The zero-order chi connectivity index (χ0) is 16.2. The van der Waals surface area contributed by atoms with Crippen LogP contribution in [0.3, 0.4) is 0 Å². The Bertz CT molecular complexity index is 873. The highest BCUT2D eigenvalue weighted by Crippen LogP contribution is 2.39. The minimum atomic E-state index is 0.219. The lowest BCUT2D eigenvalue weighted by molar-refractivity contribution is 0.417. The third-order valence-corrected chi connectivity index (χ3v) is 5.94. The molecule has 0 aliphatic rings. The third-order valence-electron chi connectivity index (χ3n) is 2.67. The van der Waals surface area contributed by atoms with E-state index in [2.05, 4.69) is 19.9 Å². The molecule has 1 aromatic carbocycles. The van der Waals surface area contributed by atoms with Crippen LogP contribution in [0, 0.1) is 11.3 Å². The number of rotatable bonds is 5. The van der Waals surface area contributed by atoms with E-state index in [1.165, 1.54) is 34.6 Å². The van der Waals surface area contributed by atoms with Crippen molar-refractivity contribution in [2.75, 3.05) is 12.4 Å². The number of nitriles is 1. The minimum Gasteiger partial charge on any atom is -0.495 e. The maximum absolute atomic E-state index is 9.08. The Hall–Kier alpha value is -1.86. The van der Waals surface area contributed by atoms with Gasteiger partial charge in [-0.1, -0.05) is 35.1 Å². The van der Waals surface area contributed by atoms with Crippen molar-refractivity contribution in [3.8, 4) is 11.8 Å². The summed E-state index contributed by atoms with van der Waals surface area (Å²) >= 11 is 9.73. The highest BCUT2D eigenvalue weighted by atomic mass is 35.5. The normalized spacial score (nSPS) is 10.3. The van der Waals surface area contributed by atoms with E-state index in [1.54, 1.807) is 7.11 Å². The van der Waals surface area contributed by atoms with Gasteiger partial charge in [0.2, 0.25) is 5.13 Å². The number of benzene rings is 1. The largest absolute Gasteiger partial charge is 0.495 e. The summed E-state index contributed by atoms with van der Waals surface area (Å²) in [6.45, 7) is 0. The number of hydrogen-bond acceptors (Lipinski definition) is 9. The van der Waals surface area contributed by atoms with Crippen molar-refractivity contribution in [2.45, 2.75) is 8.55 Å². The molecule has 2 aromatic heterocycles. The monoisotopic (exact) mass is 381 g/mol. The maximum Gasteiger partial charge on any atom is 0.211 e. The van der Waals surface area contributed by atoms with Gasteiger partial charge in [0.05, 0.1) is 12.8 Å². The number of para-hydroxylation sites is 2. The van der Waals surface area contributed by atoms with Crippen LogP contribution in [0.4, 0.5) is 10.8 Å². The number of methoxy groups -OCH3 is 1. The number of hydrogen-bond donors (Lipinski definition) is 1. The molecule has 10 heteroatoms. The zero-order valence-electron chi connectivity index (χ0n) is 11.6. The van der Waals surface area contributed by atoms with E-state index in [-0.39, 0.29) is 5.15 Å². The van der Waals surface area contributed by atoms with E-state index in [9.17, 15) is 0 Å². The molecule has 2 heterocycles. The fourth-order valence-electron chi connectivity index (χ4n) is 1.66. The van der Waals surface area contributed by atoms with E-state index in [0.29, 0.717) is 19.2 Å². The number of halogens is 1. The van der Waals surface area contributed by atoms with Crippen LogP contribution in [0.5, 0.6) is 5.75 Å². The molecule has 0 aliphatic heterocycles. The highest BCUT2D eigenvalue weighted by molar-refractivity contribution is 8.02. The van der Waals surface area contributed by atoms with E-state index >= 15 is 0 Å². The molecule has 3 aromatic rings. The summed E-state index contributed by atoms with van der Waals surface area (Å²) in [4.78, 5) is 0. The third kappa shape index (κ3) is 3.56. The lowest BCUT2D eigenvalue weighted by Crippen LogP contribution is -1.93. The molecule has 0 unspecified atom stereocenters. The molecule has 6 nitrogen and oxygen atoms in total. The van der Waals surface area contributed by atoms with Gasteiger partial charge < -0.3 is 10.1 Å². The van der Waals surface area contributed by atoms with Gasteiger partial charge in [0.25, 0.3) is 0 Å². The van der Waals surface area contributed by atoms with Gasteiger partial charge in [-0.05, 0) is 35.4 Å². The van der Waals surface area contributed by atoms with Gasteiger partial charge >= 0.3 is 0 Å². The summed E-state index contributed by atoms with van der Waals surface area (Å²) in [5.41, 5.74) is 1.18. The fourth-order valence-corrected chi connectivity index (χ4v) is 4.79. The molecule has 1 N–H and O–H groups in total. The van der Waals surface area contributed by atoms with E-state index in [1.807, 2.05) is 30.3 Å². The van der Waals surface area contributed by atoms with Gasteiger partial charge in [0.1, 0.15) is 21.6 Å². The molecule has 0 spiro atoms. The first kappa shape index (κ1) is 16.0. The van der Waals surface area contributed by atoms with Gasteiger partial charge in [-0.15, -0.1) is 10.2 Å². The van der Waals surface area contributed by atoms with E-state index in [0.717, 1.165) is 11.4 Å². The predicted octanol–water partition coefficient (Wildman–Crippen LogP) is 4.42. The maximum atomic E-state index is 9.08. The Morgan fingerprint density at radius 1 is 1.35 bits per heavy atom. The van der Waals surface area contributed by atoms with E-state index in [4.69, 9.17) is 21.6 Å².